The highest BCUT2D eigenvalue weighted by Crippen LogP contribution is 2.23. The first kappa shape index (κ1) is 23.3. The summed E-state index contributed by atoms with van der Waals surface area (Å²) in [4.78, 5) is 29.4. The number of imidazole rings is 1. The van der Waals surface area contributed by atoms with Gasteiger partial charge >= 0.3 is 0 Å². The number of carbonyl (C=O) groups is 2. The lowest BCUT2D eigenvalue weighted by molar-refractivity contribution is -0.113. The molecule has 0 bridgehead atoms. The Morgan fingerprint density at radius 3 is 2.32 bits per heavy atom. The van der Waals surface area contributed by atoms with Crippen molar-refractivity contribution in [3.63, 3.8) is 0 Å². The molecule has 1 heterocycles. The van der Waals surface area contributed by atoms with Crippen molar-refractivity contribution in [2.45, 2.75) is 25.5 Å². The van der Waals surface area contributed by atoms with Crippen LogP contribution in [-0.2, 0) is 11.3 Å². The number of hydrogen-bond acceptors (Lipinski definition) is 4. The number of nitrogens with zero attached hydrogens (tertiary/aromatic N) is 2. The topological polar surface area (TPSA) is 76.0 Å². The molecule has 0 saturated heterocycles. The smallest absolute Gasteiger partial charge is 0.251 e. The first-order valence-electron chi connectivity index (χ1n) is 11.0. The van der Waals surface area contributed by atoms with Gasteiger partial charge in [0.2, 0.25) is 5.91 Å². The first-order chi connectivity index (χ1) is 16.5. The molecule has 2 amide bonds. The Labute approximate surface area is 203 Å². The Bertz CT molecular complexity index is 1260. The molecule has 0 spiro atoms. The second-order valence-electron chi connectivity index (χ2n) is 7.90. The number of thioether (sulfide) groups is 1. The predicted molar refractivity (Wildman–Crippen MR) is 136 cm³/mol. The van der Waals surface area contributed by atoms with E-state index in [1.165, 1.54) is 11.8 Å². The van der Waals surface area contributed by atoms with Crippen LogP contribution in [0.15, 0.2) is 90.3 Å². The lowest BCUT2D eigenvalue weighted by Crippen LogP contribution is -2.22. The van der Waals surface area contributed by atoms with Crippen LogP contribution < -0.4 is 10.6 Å². The Hall–Kier alpha value is -3.84. The molecule has 0 aliphatic carbocycles. The average molecular weight is 471 g/mol. The van der Waals surface area contributed by atoms with Crippen LogP contribution >= 0.6 is 11.8 Å². The molecule has 172 valence electrons. The maximum atomic E-state index is 12.5. The van der Waals surface area contributed by atoms with Gasteiger partial charge in [-0.1, -0.05) is 60.3 Å². The van der Waals surface area contributed by atoms with Gasteiger partial charge in [-0.15, -0.1) is 0 Å². The van der Waals surface area contributed by atoms with Crippen molar-refractivity contribution in [1.29, 1.82) is 0 Å². The number of aryl methyl sites for hydroxylation is 2. The van der Waals surface area contributed by atoms with E-state index in [9.17, 15) is 9.59 Å². The predicted octanol–water partition coefficient (Wildman–Crippen LogP) is 5.15. The minimum absolute atomic E-state index is 0.0811. The molecular formula is C27H26N4O2S. The lowest BCUT2D eigenvalue weighted by Gasteiger charge is -2.12. The quantitative estimate of drug-likeness (QED) is 0.349. The van der Waals surface area contributed by atoms with Crippen molar-refractivity contribution >= 4 is 29.3 Å². The third kappa shape index (κ3) is 5.74. The molecule has 6 nitrogen and oxygen atoms in total. The Kier molecular flexibility index (Phi) is 7.44. The van der Waals surface area contributed by atoms with Crippen molar-refractivity contribution in [3.05, 3.63) is 107 Å². The van der Waals surface area contributed by atoms with E-state index in [1.54, 1.807) is 18.3 Å². The molecule has 2 N–H and O–H groups in total. The van der Waals surface area contributed by atoms with Gasteiger partial charge in [-0.3, -0.25) is 14.2 Å². The summed E-state index contributed by atoms with van der Waals surface area (Å²) in [5.41, 5.74) is 5.43. The van der Waals surface area contributed by atoms with Crippen molar-refractivity contribution < 1.29 is 9.59 Å². The van der Waals surface area contributed by atoms with Gasteiger partial charge in [-0.25, -0.2) is 4.98 Å². The highest BCUT2D eigenvalue weighted by Gasteiger charge is 2.12. The Morgan fingerprint density at radius 2 is 1.62 bits per heavy atom. The summed E-state index contributed by atoms with van der Waals surface area (Å²) in [6.45, 7) is 4.44. The molecule has 0 atom stereocenters. The van der Waals surface area contributed by atoms with E-state index in [4.69, 9.17) is 0 Å². The van der Waals surface area contributed by atoms with Crippen molar-refractivity contribution in [2.75, 3.05) is 11.1 Å². The van der Waals surface area contributed by atoms with E-state index in [0.717, 1.165) is 28.1 Å². The first-order valence-corrected chi connectivity index (χ1v) is 11.9. The molecule has 0 aliphatic heterocycles. The second-order valence-corrected chi connectivity index (χ2v) is 8.84. The molecular weight excluding hydrogens is 444 g/mol. The van der Waals surface area contributed by atoms with Gasteiger partial charge in [-0.05, 0) is 54.8 Å². The molecule has 34 heavy (non-hydrogen) atoms. The minimum atomic E-state index is -0.126. The number of benzene rings is 3. The largest absolute Gasteiger partial charge is 0.348 e. The van der Waals surface area contributed by atoms with Crippen molar-refractivity contribution in [3.8, 4) is 5.69 Å². The molecule has 0 saturated carbocycles. The molecule has 0 fully saturated rings. The van der Waals surface area contributed by atoms with Gasteiger partial charge in [-0.2, -0.15) is 0 Å². The molecule has 1 aromatic heterocycles. The van der Waals surface area contributed by atoms with Gasteiger partial charge in [0, 0.05) is 35.9 Å². The van der Waals surface area contributed by atoms with Crippen LogP contribution in [0.3, 0.4) is 0 Å². The highest BCUT2D eigenvalue weighted by molar-refractivity contribution is 7.99. The van der Waals surface area contributed by atoms with E-state index >= 15 is 0 Å². The van der Waals surface area contributed by atoms with Gasteiger partial charge in [0.05, 0.1) is 5.75 Å². The van der Waals surface area contributed by atoms with Crippen LogP contribution in [0.1, 0.15) is 27.0 Å². The number of rotatable bonds is 8. The van der Waals surface area contributed by atoms with Crippen LogP contribution in [0.5, 0.6) is 0 Å². The zero-order chi connectivity index (χ0) is 23.9. The van der Waals surface area contributed by atoms with E-state index in [2.05, 4.69) is 15.6 Å². The van der Waals surface area contributed by atoms with Gasteiger partial charge < -0.3 is 10.6 Å². The fraction of sp³-hybridized carbons (Fsp3) is 0.148. The summed E-state index contributed by atoms with van der Waals surface area (Å²) in [6, 6.07) is 23.1. The zero-order valence-electron chi connectivity index (χ0n) is 19.1. The Balaban J connectivity index is 1.36. The van der Waals surface area contributed by atoms with Gasteiger partial charge in [0.15, 0.2) is 5.16 Å². The third-order valence-corrected chi connectivity index (χ3v) is 6.36. The lowest BCUT2D eigenvalue weighted by atomic mass is 10.1. The Morgan fingerprint density at radius 1 is 0.912 bits per heavy atom. The second kappa shape index (κ2) is 10.9. The van der Waals surface area contributed by atoms with Gasteiger partial charge in [0.1, 0.15) is 0 Å². The van der Waals surface area contributed by atoms with E-state index in [-0.39, 0.29) is 17.6 Å². The molecule has 0 radical (unpaired) electrons. The maximum absolute atomic E-state index is 12.5. The summed E-state index contributed by atoms with van der Waals surface area (Å²) in [5.74, 6) is 0.0336. The molecule has 0 unspecified atom stereocenters. The number of aromatic nitrogens is 2. The number of carbonyl (C=O) groups excluding carboxylic acids is 2. The number of anilines is 1. The number of amides is 2. The third-order valence-electron chi connectivity index (χ3n) is 5.39. The van der Waals surface area contributed by atoms with E-state index < -0.39 is 0 Å². The fourth-order valence-corrected chi connectivity index (χ4v) is 4.34. The van der Waals surface area contributed by atoms with E-state index in [0.29, 0.717) is 17.3 Å². The highest BCUT2D eigenvalue weighted by atomic mass is 32.2. The SMILES string of the molecule is Cc1cccc(C)c1NC(=O)CSc1nccn1-c1ccc(C(=O)NCc2ccccc2)cc1. The summed E-state index contributed by atoms with van der Waals surface area (Å²) in [7, 11) is 0. The number of hydrogen-bond donors (Lipinski definition) is 2. The van der Waals surface area contributed by atoms with Crippen LogP contribution in [0.25, 0.3) is 5.69 Å². The summed E-state index contributed by atoms with van der Waals surface area (Å²) < 4.78 is 1.91. The molecule has 7 heteroatoms. The number of nitrogens with one attached hydrogen (secondary N) is 2. The van der Waals surface area contributed by atoms with E-state index in [1.807, 2.05) is 85.3 Å². The van der Waals surface area contributed by atoms with Crippen LogP contribution in [0.4, 0.5) is 5.69 Å². The summed E-state index contributed by atoms with van der Waals surface area (Å²) in [6.07, 6.45) is 3.54. The molecule has 4 aromatic rings. The van der Waals surface area contributed by atoms with Crippen LogP contribution in [-0.4, -0.2) is 27.1 Å². The summed E-state index contributed by atoms with van der Waals surface area (Å²) in [5, 5.41) is 6.64. The normalized spacial score (nSPS) is 10.6. The number of para-hydroxylation sites is 1. The molecule has 3 aromatic carbocycles. The zero-order valence-corrected chi connectivity index (χ0v) is 19.9. The maximum Gasteiger partial charge on any atom is 0.251 e. The van der Waals surface area contributed by atoms with Gasteiger partial charge in [0.25, 0.3) is 5.91 Å². The van der Waals surface area contributed by atoms with Crippen LogP contribution in [0, 0.1) is 13.8 Å². The monoisotopic (exact) mass is 470 g/mol. The molecule has 0 aliphatic rings. The minimum Gasteiger partial charge on any atom is -0.348 e. The van der Waals surface area contributed by atoms with Crippen molar-refractivity contribution in [2.24, 2.45) is 0 Å². The standard InChI is InChI=1S/C27H26N4O2S/c1-19-7-6-8-20(2)25(19)30-24(32)18-34-27-28-15-16-31(27)23-13-11-22(12-14-23)26(33)29-17-21-9-4-3-5-10-21/h3-16H,17-18H2,1-2H3,(H,29,33)(H,30,32). The van der Waals surface area contributed by atoms with Crippen molar-refractivity contribution in [1.82, 2.24) is 14.9 Å². The molecule has 4 rings (SSSR count). The fourth-order valence-electron chi connectivity index (χ4n) is 3.56. The summed E-state index contributed by atoms with van der Waals surface area (Å²) >= 11 is 1.36. The van der Waals surface area contributed by atoms with Crippen LogP contribution in [0.2, 0.25) is 0 Å². The average Bonchev–Trinajstić information content (AvgIpc) is 3.33.